The molecule has 1 amide bonds. The van der Waals surface area contributed by atoms with Crippen LogP contribution < -0.4 is 4.90 Å². The number of benzene rings is 1. The van der Waals surface area contributed by atoms with Crippen LogP contribution in [0.15, 0.2) is 35.5 Å². The lowest BCUT2D eigenvalue weighted by Crippen LogP contribution is -2.35. The highest BCUT2D eigenvalue weighted by atomic mass is 32.2. The summed E-state index contributed by atoms with van der Waals surface area (Å²) in [5.41, 5.74) is 1.67. The SMILES string of the molecule is CC(C)c1nccn1[C@@H](C)C(=O)N1CCc2cc(S(=O)(=O)N(C)C)ccc21. The third kappa shape index (κ3) is 3.39. The number of imidazole rings is 1. The van der Waals surface area contributed by atoms with Crippen LogP contribution in [-0.2, 0) is 21.2 Å². The van der Waals surface area contributed by atoms with Crippen LogP contribution >= 0.6 is 0 Å². The zero-order valence-corrected chi connectivity index (χ0v) is 17.2. The maximum absolute atomic E-state index is 13.1. The molecule has 0 N–H and O–H groups in total. The first-order valence-electron chi connectivity index (χ1n) is 9.04. The van der Waals surface area contributed by atoms with Crippen molar-refractivity contribution in [2.75, 3.05) is 25.5 Å². The van der Waals surface area contributed by atoms with E-state index in [1.807, 2.05) is 31.5 Å². The molecule has 3 rings (SSSR count). The zero-order valence-electron chi connectivity index (χ0n) is 16.4. The molecule has 0 radical (unpaired) electrons. The average Bonchev–Trinajstić information content (AvgIpc) is 3.26. The first kappa shape index (κ1) is 19.6. The van der Waals surface area contributed by atoms with Crippen molar-refractivity contribution in [3.63, 3.8) is 0 Å². The largest absolute Gasteiger partial charge is 0.322 e. The first-order chi connectivity index (χ1) is 12.6. The Balaban J connectivity index is 1.89. The van der Waals surface area contributed by atoms with Crippen molar-refractivity contribution in [2.45, 2.75) is 44.0 Å². The van der Waals surface area contributed by atoms with Crippen molar-refractivity contribution < 1.29 is 13.2 Å². The Morgan fingerprint density at radius 1 is 1.22 bits per heavy atom. The van der Waals surface area contributed by atoms with Gasteiger partial charge in [-0.1, -0.05) is 13.8 Å². The lowest BCUT2D eigenvalue weighted by Gasteiger charge is -2.24. The van der Waals surface area contributed by atoms with Crippen molar-refractivity contribution in [3.05, 3.63) is 42.0 Å². The van der Waals surface area contributed by atoms with E-state index >= 15 is 0 Å². The second-order valence-electron chi connectivity index (χ2n) is 7.34. The van der Waals surface area contributed by atoms with Crippen LogP contribution in [0.2, 0.25) is 0 Å². The van der Waals surface area contributed by atoms with Gasteiger partial charge >= 0.3 is 0 Å². The molecule has 0 bridgehead atoms. The molecule has 2 heterocycles. The third-order valence-electron chi connectivity index (χ3n) is 4.98. The number of hydrogen-bond donors (Lipinski definition) is 0. The third-order valence-corrected chi connectivity index (χ3v) is 6.79. The van der Waals surface area contributed by atoms with E-state index < -0.39 is 10.0 Å². The fourth-order valence-electron chi connectivity index (χ4n) is 3.42. The summed E-state index contributed by atoms with van der Waals surface area (Å²) in [6.07, 6.45) is 4.20. The molecule has 146 valence electrons. The summed E-state index contributed by atoms with van der Waals surface area (Å²) in [6, 6.07) is 4.61. The summed E-state index contributed by atoms with van der Waals surface area (Å²) in [4.78, 5) is 19.5. The lowest BCUT2D eigenvalue weighted by molar-refractivity contribution is -0.121. The Labute approximate surface area is 160 Å². The maximum atomic E-state index is 13.1. The molecule has 0 saturated heterocycles. The summed E-state index contributed by atoms with van der Waals surface area (Å²) in [6.45, 7) is 6.52. The van der Waals surface area contributed by atoms with Crippen LogP contribution in [0.25, 0.3) is 0 Å². The van der Waals surface area contributed by atoms with Gasteiger partial charge in [-0.25, -0.2) is 17.7 Å². The van der Waals surface area contributed by atoms with Gasteiger partial charge in [-0.3, -0.25) is 4.79 Å². The molecule has 0 saturated carbocycles. The Hall–Kier alpha value is -2.19. The van der Waals surface area contributed by atoms with Crippen LogP contribution in [-0.4, -0.2) is 48.8 Å². The van der Waals surface area contributed by atoms with E-state index in [0.29, 0.717) is 13.0 Å². The van der Waals surface area contributed by atoms with E-state index in [4.69, 9.17) is 0 Å². The molecule has 27 heavy (non-hydrogen) atoms. The summed E-state index contributed by atoms with van der Waals surface area (Å²) < 4.78 is 27.8. The fraction of sp³-hybridized carbons (Fsp3) is 0.474. The van der Waals surface area contributed by atoms with E-state index in [9.17, 15) is 13.2 Å². The van der Waals surface area contributed by atoms with Crippen molar-refractivity contribution in [3.8, 4) is 0 Å². The van der Waals surface area contributed by atoms with Crippen molar-refractivity contribution in [1.82, 2.24) is 13.9 Å². The minimum absolute atomic E-state index is 0.0168. The molecule has 1 aromatic heterocycles. The van der Waals surface area contributed by atoms with E-state index in [0.717, 1.165) is 17.1 Å². The van der Waals surface area contributed by atoms with Gasteiger partial charge in [0.15, 0.2) is 0 Å². The molecule has 0 unspecified atom stereocenters. The Kier molecular flexibility index (Phi) is 5.14. The van der Waals surface area contributed by atoms with Gasteiger partial charge in [-0.2, -0.15) is 0 Å². The summed E-state index contributed by atoms with van der Waals surface area (Å²) >= 11 is 0. The smallest absolute Gasteiger partial charge is 0.249 e. The zero-order chi connectivity index (χ0) is 19.9. The predicted octanol–water partition coefficient (Wildman–Crippen LogP) is 2.41. The molecule has 1 atom stereocenters. The number of sulfonamides is 1. The number of aromatic nitrogens is 2. The number of anilines is 1. The quantitative estimate of drug-likeness (QED) is 0.786. The van der Waals surface area contributed by atoms with Gasteiger partial charge in [-0.15, -0.1) is 0 Å². The average molecular weight is 391 g/mol. The van der Waals surface area contributed by atoms with Gasteiger partial charge in [0, 0.05) is 44.6 Å². The molecule has 0 aliphatic carbocycles. The van der Waals surface area contributed by atoms with Gasteiger partial charge in [0.1, 0.15) is 11.9 Å². The molecule has 2 aromatic rings. The van der Waals surface area contributed by atoms with Crippen LogP contribution in [0.1, 0.15) is 44.1 Å². The van der Waals surface area contributed by atoms with Crippen molar-refractivity contribution >= 4 is 21.6 Å². The molecule has 0 spiro atoms. The molecule has 1 aliphatic rings. The van der Waals surface area contributed by atoms with E-state index in [2.05, 4.69) is 4.98 Å². The number of carbonyl (C=O) groups is 1. The number of rotatable bonds is 5. The molecule has 1 aliphatic heterocycles. The highest BCUT2D eigenvalue weighted by Gasteiger charge is 2.31. The Morgan fingerprint density at radius 3 is 2.56 bits per heavy atom. The molecular formula is C19H26N4O3S. The topological polar surface area (TPSA) is 75.5 Å². The van der Waals surface area contributed by atoms with Crippen LogP contribution in [0.5, 0.6) is 0 Å². The van der Waals surface area contributed by atoms with Gasteiger partial charge < -0.3 is 9.47 Å². The molecular weight excluding hydrogens is 364 g/mol. The Morgan fingerprint density at radius 2 is 1.93 bits per heavy atom. The van der Waals surface area contributed by atoms with Crippen LogP contribution in [0, 0.1) is 0 Å². The van der Waals surface area contributed by atoms with Crippen LogP contribution in [0.4, 0.5) is 5.69 Å². The van der Waals surface area contributed by atoms with Gasteiger partial charge in [-0.05, 0) is 37.1 Å². The molecule has 8 heteroatoms. The second kappa shape index (κ2) is 7.09. The highest BCUT2D eigenvalue weighted by molar-refractivity contribution is 7.89. The van der Waals surface area contributed by atoms with Crippen LogP contribution in [0.3, 0.4) is 0 Å². The normalized spacial score (nSPS) is 15.4. The van der Waals surface area contributed by atoms with E-state index in [1.54, 1.807) is 29.3 Å². The van der Waals surface area contributed by atoms with Gasteiger partial charge in [0.25, 0.3) is 0 Å². The van der Waals surface area contributed by atoms with Crippen molar-refractivity contribution in [1.29, 1.82) is 0 Å². The number of hydrogen-bond acceptors (Lipinski definition) is 4. The van der Waals surface area contributed by atoms with Gasteiger partial charge in [0.2, 0.25) is 15.9 Å². The summed E-state index contributed by atoms with van der Waals surface area (Å²) in [5.74, 6) is 1.08. The molecule has 1 aromatic carbocycles. The number of amides is 1. The standard InChI is InChI=1S/C19H26N4O3S/c1-13(2)18-20-9-11-22(18)14(3)19(24)23-10-8-15-12-16(6-7-17(15)23)27(25,26)21(4)5/h6-7,9,11-14H,8,10H2,1-5H3/t14-/m0/s1. The van der Waals surface area contributed by atoms with E-state index in [1.165, 1.54) is 18.4 Å². The Bertz CT molecular complexity index is 963. The maximum Gasteiger partial charge on any atom is 0.249 e. The predicted molar refractivity (Wildman–Crippen MR) is 104 cm³/mol. The monoisotopic (exact) mass is 390 g/mol. The lowest BCUT2D eigenvalue weighted by atomic mass is 10.1. The minimum atomic E-state index is -3.49. The summed E-state index contributed by atoms with van der Waals surface area (Å²) in [5, 5.41) is 0. The second-order valence-corrected chi connectivity index (χ2v) is 9.49. The first-order valence-corrected chi connectivity index (χ1v) is 10.5. The van der Waals surface area contributed by atoms with E-state index in [-0.39, 0.29) is 22.8 Å². The molecule has 0 fully saturated rings. The number of carbonyl (C=O) groups excluding carboxylic acids is 1. The summed E-state index contributed by atoms with van der Waals surface area (Å²) in [7, 11) is -0.463. The van der Waals surface area contributed by atoms with Gasteiger partial charge in [0.05, 0.1) is 4.90 Å². The number of nitrogens with zero attached hydrogens (tertiary/aromatic N) is 4. The van der Waals surface area contributed by atoms with Crippen molar-refractivity contribution in [2.24, 2.45) is 0 Å². The number of fused-ring (bicyclic) bond motifs is 1. The minimum Gasteiger partial charge on any atom is -0.322 e. The highest BCUT2D eigenvalue weighted by Crippen LogP contribution is 2.32. The fourth-order valence-corrected chi connectivity index (χ4v) is 4.37. The molecule has 7 nitrogen and oxygen atoms in total.